The van der Waals surface area contributed by atoms with Crippen molar-refractivity contribution in [2.75, 3.05) is 0 Å². The van der Waals surface area contributed by atoms with Gasteiger partial charge in [-0.05, 0) is 23.8 Å². The molecule has 0 saturated heterocycles. The highest BCUT2D eigenvalue weighted by atomic mass is 16.6. The summed E-state index contributed by atoms with van der Waals surface area (Å²) in [6, 6.07) is 5.97. The van der Waals surface area contributed by atoms with Crippen LogP contribution in [0.4, 0.5) is 5.69 Å². The zero-order chi connectivity index (χ0) is 13.8. The summed E-state index contributed by atoms with van der Waals surface area (Å²) >= 11 is 0. The maximum Gasteiger partial charge on any atom is 0.269 e. The van der Waals surface area contributed by atoms with Gasteiger partial charge in [-0.3, -0.25) is 19.6 Å². The molecule has 0 unspecified atom stereocenters. The fraction of sp³-hybridized carbons (Fsp3) is 0.0769. The summed E-state index contributed by atoms with van der Waals surface area (Å²) in [6.07, 6.45) is 6.14. The lowest BCUT2D eigenvalue weighted by Gasteiger charge is -1.93. The van der Waals surface area contributed by atoms with E-state index in [0.29, 0.717) is 5.56 Å². The maximum absolute atomic E-state index is 11.8. The molecule has 1 aromatic carbocycles. The summed E-state index contributed by atoms with van der Waals surface area (Å²) in [5.41, 5.74) is 1.25. The van der Waals surface area contributed by atoms with Crippen molar-refractivity contribution in [2.24, 2.45) is 7.05 Å². The van der Waals surface area contributed by atoms with Crippen LogP contribution in [0.25, 0.3) is 6.08 Å². The number of nitro groups is 1. The second-order valence-electron chi connectivity index (χ2n) is 3.95. The van der Waals surface area contributed by atoms with Crippen LogP contribution >= 0.6 is 0 Å². The second kappa shape index (κ2) is 5.26. The van der Waals surface area contributed by atoms with Gasteiger partial charge in [-0.2, -0.15) is 5.10 Å². The van der Waals surface area contributed by atoms with Crippen molar-refractivity contribution in [3.05, 3.63) is 64.0 Å². The van der Waals surface area contributed by atoms with Crippen LogP contribution in [0.5, 0.6) is 0 Å². The Morgan fingerprint density at radius 2 is 2.05 bits per heavy atom. The summed E-state index contributed by atoms with van der Waals surface area (Å²) in [5.74, 6) is -0.161. The van der Waals surface area contributed by atoms with Crippen molar-refractivity contribution in [1.29, 1.82) is 0 Å². The monoisotopic (exact) mass is 257 g/mol. The third-order valence-corrected chi connectivity index (χ3v) is 2.52. The molecule has 19 heavy (non-hydrogen) atoms. The van der Waals surface area contributed by atoms with E-state index in [1.165, 1.54) is 24.4 Å². The minimum atomic E-state index is -0.464. The number of ketones is 1. The van der Waals surface area contributed by atoms with Crippen molar-refractivity contribution in [1.82, 2.24) is 9.78 Å². The molecule has 0 amide bonds. The van der Waals surface area contributed by atoms with Gasteiger partial charge >= 0.3 is 0 Å². The first-order chi connectivity index (χ1) is 9.06. The van der Waals surface area contributed by atoms with Gasteiger partial charge < -0.3 is 0 Å². The van der Waals surface area contributed by atoms with E-state index in [-0.39, 0.29) is 11.5 Å². The Morgan fingerprint density at radius 3 is 2.58 bits per heavy atom. The molecule has 0 fully saturated rings. The van der Waals surface area contributed by atoms with Crippen LogP contribution < -0.4 is 0 Å². The summed E-state index contributed by atoms with van der Waals surface area (Å²) < 4.78 is 1.55. The number of carbonyl (C=O) groups is 1. The zero-order valence-electron chi connectivity index (χ0n) is 10.2. The lowest BCUT2D eigenvalue weighted by molar-refractivity contribution is -0.384. The highest BCUT2D eigenvalue weighted by Crippen LogP contribution is 2.13. The van der Waals surface area contributed by atoms with E-state index < -0.39 is 4.92 Å². The van der Waals surface area contributed by atoms with Gasteiger partial charge in [0.15, 0.2) is 5.78 Å². The largest absolute Gasteiger partial charge is 0.289 e. The summed E-state index contributed by atoms with van der Waals surface area (Å²) in [6.45, 7) is 0. The Kier molecular flexibility index (Phi) is 3.51. The van der Waals surface area contributed by atoms with Gasteiger partial charge in [0.2, 0.25) is 0 Å². The lowest BCUT2D eigenvalue weighted by Crippen LogP contribution is -1.92. The van der Waals surface area contributed by atoms with Gasteiger partial charge in [-0.1, -0.05) is 6.08 Å². The molecule has 1 heterocycles. The van der Waals surface area contributed by atoms with Crippen molar-refractivity contribution < 1.29 is 9.72 Å². The Labute approximate surface area is 109 Å². The van der Waals surface area contributed by atoms with Crippen molar-refractivity contribution >= 4 is 17.5 Å². The molecule has 0 aliphatic carbocycles. The predicted molar refractivity (Wildman–Crippen MR) is 69.7 cm³/mol. The molecule has 6 heteroatoms. The number of benzene rings is 1. The number of nitrogens with zero attached hydrogens (tertiary/aromatic N) is 3. The zero-order valence-corrected chi connectivity index (χ0v) is 10.2. The number of rotatable bonds is 4. The highest BCUT2D eigenvalue weighted by Gasteiger charge is 2.05. The van der Waals surface area contributed by atoms with Gasteiger partial charge in [0, 0.05) is 25.4 Å². The lowest BCUT2D eigenvalue weighted by atomic mass is 10.1. The van der Waals surface area contributed by atoms with Gasteiger partial charge in [-0.25, -0.2) is 0 Å². The fourth-order valence-corrected chi connectivity index (χ4v) is 1.52. The van der Waals surface area contributed by atoms with Crippen LogP contribution in [-0.2, 0) is 7.05 Å². The first kappa shape index (κ1) is 12.7. The standard InChI is InChI=1S/C13H11N3O3/c1-15-9-11(8-14-15)13(17)7-4-10-2-5-12(6-3-10)16(18)19/h2-9H,1H3/b7-4-. The Bertz CT molecular complexity index is 641. The van der Waals surface area contributed by atoms with Crippen LogP contribution in [0.15, 0.2) is 42.7 Å². The molecule has 0 radical (unpaired) electrons. The summed E-state index contributed by atoms with van der Waals surface area (Å²) in [5, 5.41) is 14.4. The average molecular weight is 257 g/mol. The van der Waals surface area contributed by atoms with Gasteiger partial charge in [0.25, 0.3) is 5.69 Å². The minimum Gasteiger partial charge on any atom is -0.289 e. The number of non-ortho nitro benzene ring substituents is 1. The average Bonchev–Trinajstić information content (AvgIpc) is 2.83. The molecule has 6 nitrogen and oxygen atoms in total. The molecule has 0 bridgehead atoms. The maximum atomic E-state index is 11.8. The van der Waals surface area contributed by atoms with E-state index in [1.54, 1.807) is 36.1 Å². The number of hydrogen-bond donors (Lipinski definition) is 0. The molecule has 0 atom stereocenters. The van der Waals surface area contributed by atoms with Gasteiger partial charge in [-0.15, -0.1) is 0 Å². The number of aryl methyl sites for hydroxylation is 1. The molecule has 0 N–H and O–H groups in total. The van der Waals surface area contributed by atoms with Gasteiger partial charge in [0.05, 0.1) is 16.7 Å². The third kappa shape index (κ3) is 3.12. The molecule has 1 aromatic heterocycles. The van der Waals surface area contributed by atoms with E-state index in [9.17, 15) is 14.9 Å². The number of hydrogen-bond acceptors (Lipinski definition) is 4. The molecule has 2 aromatic rings. The molecule has 0 aliphatic rings. The van der Waals surface area contributed by atoms with E-state index in [2.05, 4.69) is 5.10 Å². The second-order valence-corrected chi connectivity index (χ2v) is 3.95. The molecular formula is C13H11N3O3. The number of nitro benzene ring substituents is 1. The van der Waals surface area contributed by atoms with Crippen molar-refractivity contribution in [2.45, 2.75) is 0 Å². The first-order valence-electron chi connectivity index (χ1n) is 5.52. The third-order valence-electron chi connectivity index (χ3n) is 2.52. The van der Waals surface area contributed by atoms with Crippen LogP contribution in [0.3, 0.4) is 0 Å². The predicted octanol–water partition coefficient (Wildman–Crippen LogP) is 2.22. The van der Waals surface area contributed by atoms with Crippen molar-refractivity contribution in [3.63, 3.8) is 0 Å². The van der Waals surface area contributed by atoms with Gasteiger partial charge in [0.1, 0.15) is 0 Å². The Morgan fingerprint density at radius 1 is 1.37 bits per heavy atom. The number of allylic oxidation sites excluding steroid dienone is 1. The van der Waals surface area contributed by atoms with E-state index in [4.69, 9.17) is 0 Å². The van der Waals surface area contributed by atoms with Crippen LogP contribution in [-0.4, -0.2) is 20.5 Å². The molecule has 96 valence electrons. The van der Waals surface area contributed by atoms with Crippen LogP contribution in [0.2, 0.25) is 0 Å². The quantitative estimate of drug-likeness (QED) is 0.364. The number of aromatic nitrogens is 2. The van der Waals surface area contributed by atoms with E-state index >= 15 is 0 Å². The molecule has 0 spiro atoms. The minimum absolute atomic E-state index is 0.0238. The summed E-state index contributed by atoms with van der Waals surface area (Å²) in [7, 11) is 1.73. The van der Waals surface area contributed by atoms with E-state index in [1.807, 2.05) is 0 Å². The molecule has 0 aliphatic heterocycles. The number of carbonyl (C=O) groups excluding carboxylic acids is 1. The SMILES string of the molecule is Cn1cc(C(=O)/C=C\c2ccc([N+](=O)[O-])cc2)cn1. The normalized spacial score (nSPS) is 10.8. The topological polar surface area (TPSA) is 78.0 Å². The Hall–Kier alpha value is -2.76. The highest BCUT2D eigenvalue weighted by molar-refractivity contribution is 6.06. The first-order valence-corrected chi connectivity index (χ1v) is 5.52. The van der Waals surface area contributed by atoms with E-state index in [0.717, 1.165) is 5.56 Å². The van der Waals surface area contributed by atoms with Crippen LogP contribution in [0.1, 0.15) is 15.9 Å². The molecule has 0 saturated carbocycles. The molecule has 2 rings (SSSR count). The molecular weight excluding hydrogens is 246 g/mol. The Balaban J connectivity index is 2.10. The fourth-order valence-electron chi connectivity index (χ4n) is 1.52. The smallest absolute Gasteiger partial charge is 0.269 e. The van der Waals surface area contributed by atoms with Crippen molar-refractivity contribution in [3.8, 4) is 0 Å². The summed E-state index contributed by atoms with van der Waals surface area (Å²) in [4.78, 5) is 21.8. The van der Waals surface area contributed by atoms with Crippen LogP contribution in [0, 0.1) is 10.1 Å².